The number of ether oxygens (including phenoxy) is 2. The van der Waals surface area contributed by atoms with E-state index in [4.69, 9.17) is 14.7 Å². The molecule has 1 saturated heterocycles. The molecule has 2 bridgehead atoms. The molecule has 3 aromatic rings. The highest BCUT2D eigenvalue weighted by Gasteiger charge is 2.61. The van der Waals surface area contributed by atoms with Crippen LogP contribution < -0.4 is 4.74 Å². The highest BCUT2D eigenvalue weighted by molar-refractivity contribution is 5.62. The summed E-state index contributed by atoms with van der Waals surface area (Å²) in [4.78, 5) is 10.3. The van der Waals surface area contributed by atoms with Crippen LogP contribution >= 0.6 is 0 Å². The number of alkyl halides is 3. The van der Waals surface area contributed by atoms with Gasteiger partial charge in [0.1, 0.15) is 11.4 Å². The van der Waals surface area contributed by atoms with Crippen LogP contribution in [0.25, 0.3) is 5.69 Å². The molecule has 0 saturated carbocycles. The highest BCUT2D eigenvalue weighted by atomic mass is 19.4. The maximum Gasteiger partial charge on any atom is 0.417 e. The molecule has 2 aliphatic heterocycles. The van der Waals surface area contributed by atoms with E-state index in [9.17, 15) is 33.5 Å². The van der Waals surface area contributed by atoms with Gasteiger partial charge in [-0.25, -0.2) is 0 Å². The van der Waals surface area contributed by atoms with Gasteiger partial charge in [-0.1, -0.05) is 0 Å². The Balaban J connectivity index is 1.49. The molecule has 192 valence electrons. The number of hydrogen-bond donors (Lipinski definition) is 2. The molecule has 2 N–H and O–H groups in total. The third-order valence-electron chi connectivity index (χ3n) is 7.04. The van der Waals surface area contributed by atoms with Crippen LogP contribution in [0, 0.1) is 21.4 Å². The molecular weight excluding hydrogens is 495 g/mol. The number of halogens is 3. The lowest BCUT2D eigenvalue weighted by Crippen LogP contribution is -2.25. The van der Waals surface area contributed by atoms with Gasteiger partial charge in [0.2, 0.25) is 11.8 Å². The second-order valence-corrected chi connectivity index (χ2v) is 9.25. The first-order chi connectivity index (χ1) is 17.4. The predicted octanol–water partition coefficient (Wildman–Crippen LogP) is 5.39. The van der Waals surface area contributed by atoms with Crippen LogP contribution in [0.15, 0.2) is 42.5 Å². The van der Waals surface area contributed by atoms with Crippen molar-refractivity contribution < 1.29 is 37.8 Å². The molecule has 12 heteroatoms. The van der Waals surface area contributed by atoms with Gasteiger partial charge in [0.15, 0.2) is 0 Å². The van der Waals surface area contributed by atoms with E-state index in [1.54, 1.807) is 6.92 Å². The van der Waals surface area contributed by atoms with Crippen LogP contribution in [-0.2, 0) is 22.1 Å². The van der Waals surface area contributed by atoms with Gasteiger partial charge in [-0.15, -0.1) is 0 Å². The van der Waals surface area contributed by atoms with Crippen molar-refractivity contribution >= 4 is 5.69 Å². The highest BCUT2D eigenvalue weighted by Crippen LogP contribution is 2.65. The number of aromatic hydroxyl groups is 2. The normalized spacial score (nSPS) is 22.0. The number of non-ortho nitro benzene ring substituents is 1. The van der Waals surface area contributed by atoms with Gasteiger partial charge in [0.25, 0.3) is 5.69 Å². The fraction of sp³-hybridized carbons (Fsp3) is 0.320. The molecule has 2 atom stereocenters. The lowest BCUT2D eigenvalue weighted by atomic mass is 9.78. The van der Waals surface area contributed by atoms with Crippen LogP contribution in [-0.4, -0.2) is 26.3 Å². The van der Waals surface area contributed by atoms with Gasteiger partial charge in [-0.05, 0) is 50.1 Å². The van der Waals surface area contributed by atoms with Crippen LogP contribution in [0.4, 0.5) is 18.9 Å². The molecule has 3 heterocycles. The molecule has 1 aromatic heterocycles. The van der Waals surface area contributed by atoms with E-state index < -0.39 is 45.2 Å². The Labute approximate surface area is 208 Å². The molecule has 9 nitrogen and oxygen atoms in total. The molecule has 0 amide bonds. The molecule has 0 spiro atoms. The monoisotopic (exact) mass is 515 g/mol. The molecule has 1 fully saturated rings. The number of benzene rings is 2. The van der Waals surface area contributed by atoms with Crippen molar-refractivity contribution in [1.29, 1.82) is 5.26 Å². The minimum atomic E-state index is -4.81. The molecule has 0 radical (unpaired) electrons. The fourth-order valence-electron chi connectivity index (χ4n) is 5.35. The Hall–Kier alpha value is -4.24. The summed E-state index contributed by atoms with van der Waals surface area (Å²) in [6, 6.07) is 9.96. The van der Waals surface area contributed by atoms with E-state index in [-0.39, 0.29) is 30.0 Å². The van der Waals surface area contributed by atoms with E-state index >= 15 is 0 Å². The van der Waals surface area contributed by atoms with E-state index in [1.807, 2.05) is 0 Å². The standard InChI is InChI=1S/C25H20F3N3O6/c1-23-8-9-24(37-23,10-11-36-17-6-4-15(5-7-17)31(34)35)20-19(23)21(32)30(22(20)33)16-3-2-14(13-29)18(12-16)25(26,27)28/h2-7,12,32-33H,8-11H2,1H3/t23-,24-/m0/s1. The summed E-state index contributed by atoms with van der Waals surface area (Å²) in [5, 5.41) is 42.2. The van der Waals surface area contributed by atoms with Crippen molar-refractivity contribution in [2.24, 2.45) is 0 Å². The van der Waals surface area contributed by atoms with Crippen molar-refractivity contribution in [2.75, 3.05) is 6.61 Å². The smallest absolute Gasteiger partial charge is 0.417 e. The third-order valence-corrected chi connectivity index (χ3v) is 7.04. The van der Waals surface area contributed by atoms with Gasteiger partial charge in [0.05, 0.1) is 51.1 Å². The average molecular weight is 515 g/mol. The Morgan fingerprint density at radius 2 is 1.84 bits per heavy atom. The van der Waals surface area contributed by atoms with Gasteiger partial charge < -0.3 is 19.7 Å². The first-order valence-electron chi connectivity index (χ1n) is 11.3. The summed E-state index contributed by atoms with van der Waals surface area (Å²) in [5.41, 5.74) is -3.46. The molecule has 37 heavy (non-hydrogen) atoms. The van der Waals surface area contributed by atoms with Gasteiger partial charge in [-0.2, -0.15) is 18.4 Å². The second kappa shape index (κ2) is 8.14. The Morgan fingerprint density at radius 1 is 1.16 bits per heavy atom. The largest absolute Gasteiger partial charge is 0.494 e. The number of nitrogens with zero attached hydrogens (tertiary/aromatic N) is 3. The first kappa shape index (κ1) is 24.5. The molecule has 2 aromatic carbocycles. The van der Waals surface area contributed by atoms with Gasteiger partial charge in [0, 0.05) is 18.6 Å². The fourth-order valence-corrected chi connectivity index (χ4v) is 5.35. The number of nitro benzene ring substituents is 1. The van der Waals surface area contributed by atoms with Gasteiger partial charge >= 0.3 is 6.18 Å². The summed E-state index contributed by atoms with van der Waals surface area (Å²) in [6.45, 7) is 1.84. The number of rotatable bonds is 6. The number of nitro groups is 1. The van der Waals surface area contributed by atoms with Crippen molar-refractivity contribution in [2.45, 2.75) is 43.6 Å². The van der Waals surface area contributed by atoms with Crippen LogP contribution in [0.2, 0.25) is 0 Å². The summed E-state index contributed by atoms with van der Waals surface area (Å²) in [6.07, 6.45) is -3.61. The first-order valence-corrected chi connectivity index (χ1v) is 11.3. The molecule has 2 aliphatic rings. The van der Waals surface area contributed by atoms with E-state index in [1.165, 1.54) is 36.4 Å². The van der Waals surface area contributed by atoms with Crippen LogP contribution in [0.3, 0.4) is 0 Å². The lowest BCUT2D eigenvalue weighted by molar-refractivity contribution is -0.384. The maximum absolute atomic E-state index is 13.5. The zero-order valence-electron chi connectivity index (χ0n) is 19.4. The lowest BCUT2D eigenvalue weighted by Gasteiger charge is -2.26. The van der Waals surface area contributed by atoms with Crippen molar-refractivity contribution in [3.8, 4) is 29.3 Å². The third kappa shape index (κ3) is 3.74. The summed E-state index contributed by atoms with van der Waals surface area (Å²) in [5.74, 6) is -0.502. The minimum absolute atomic E-state index is 0.0838. The molecule has 5 rings (SSSR count). The molecule has 0 aliphatic carbocycles. The van der Waals surface area contributed by atoms with Crippen molar-refractivity contribution in [1.82, 2.24) is 4.57 Å². The zero-order valence-corrected chi connectivity index (χ0v) is 19.4. The average Bonchev–Trinajstić information content (AvgIpc) is 3.43. The topological polar surface area (TPSA) is 131 Å². The second-order valence-electron chi connectivity index (χ2n) is 9.25. The number of hydrogen-bond acceptors (Lipinski definition) is 7. The number of nitriles is 1. The molecular formula is C25H20F3N3O6. The van der Waals surface area contributed by atoms with Gasteiger partial charge in [-0.3, -0.25) is 14.7 Å². The van der Waals surface area contributed by atoms with E-state index in [0.29, 0.717) is 30.2 Å². The Kier molecular flexibility index (Phi) is 5.38. The Bertz CT molecular complexity index is 1460. The van der Waals surface area contributed by atoms with E-state index in [2.05, 4.69) is 0 Å². The van der Waals surface area contributed by atoms with Crippen molar-refractivity contribution in [3.63, 3.8) is 0 Å². The minimum Gasteiger partial charge on any atom is -0.494 e. The SMILES string of the molecule is C[C@@]12CC[C@@](CCOc3ccc([N+](=O)[O-])cc3)(O1)c1c2c(O)n(-c2ccc(C#N)c(C(F)(F)F)c2)c1O. The Morgan fingerprint density at radius 3 is 2.46 bits per heavy atom. The zero-order chi connectivity index (χ0) is 26.8. The van der Waals surface area contributed by atoms with Crippen LogP contribution in [0.5, 0.6) is 17.5 Å². The summed E-state index contributed by atoms with van der Waals surface area (Å²) in [7, 11) is 0. The van der Waals surface area contributed by atoms with Crippen LogP contribution in [0.1, 0.15) is 48.4 Å². The summed E-state index contributed by atoms with van der Waals surface area (Å²) >= 11 is 0. The van der Waals surface area contributed by atoms with E-state index in [0.717, 1.165) is 10.6 Å². The quantitative estimate of drug-likeness (QED) is 0.332. The molecule has 0 unspecified atom stereocenters. The van der Waals surface area contributed by atoms with Crippen molar-refractivity contribution in [3.05, 3.63) is 74.8 Å². The summed E-state index contributed by atoms with van der Waals surface area (Å²) < 4.78 is 53.6. The number of fused-ring (bicyclic) bond motifs is 5. The maximum atomic E-state index is 13.5. The predicted molar refractivity (Wildman–Crippen MR) is 121 cm³/mol. The number of aromatic nitrogens is 1.